The standard InChI is InChI=1S/C16H15ClFNO3/c1-10(22-13-6-3-11(18)4-7-13)16(20)19-12-5-8-15(21-2)14(17)9-12/h3-10H,1-2H3,(H,19,20). The van der Waals surface area contributed by atoms with Crippen LogP contribution in [0.15, 0.2) is 42.5 Å². The van der Waals surface area contributed by atoms with Gasteiger partial charge < -0.3 is 14.8 Å². The first-order valence-electron chi connectivity index (χ1n) is 6.56. The van der Waals surface area contributed by atoms with Crippen LogP contribution in [0.25, 0.3) is 0 Å². The number of amides is 1. The topological polar surface area (TPSA) is 47.6 Å². The van der Waals surface area contributed by atoms with Crippen molar-refractivity contribution in [2.45, 2.75) is 13.0 Å². The molecule has 1 atom stereocenters. The first-order valence-corrected chi connectivity index (χ1v) is 6.94. The summed E-state index contributed by atoms with van der Waals surface area (Å²) in [4.78, 5) is 12.1. The van der Waals surface area contributed by atoms with Gasteiger partial charge in [0.1, 0.15) is 17.3 Å². The molecule has 0 spiro atoms. The highest BCUT2D eigenvalue weighted by molar-refractivity contribution is 6.32. The van der Waals surface area contributed by atoms with Gasteiger partial charge in [-0.15, -0.1) is 0 Å². The van der Waals surface area contributed by atoms with Gasteiger partial charge in [-0.3, -0.25) is 4.79 Å². The Balaban J connectivity index is 1.99. The summed E-state index contributed by atoms with van der Waals surface area (Å²) >= 11 is 5.99. The van der Waals surface area contributed by atoms with E-state index in [4.69, 9.17) is 21.1 Å². The Morgan fingerprint density at radius 1 is 1.23 bits per heavy atom. The van der Waals surface area contributed by atoms with Gasteiger partial charge in [0.25, 0.3) is 5.91 Å². The molecule has 2 aromatic carbocycles. The third-order valence-electron chi connectivity index (χ3n) is 2.92. The first-order chi connectivity index (χ1) is 10.5. The minimum atomic E-state index is -0.744. The van der Waals surface area contributed by atoms with Crippen molar-refractivity contribution in [2.75, 3.05) is 12.4 Å². The second-order valence-electron chi connectivity index (χ2n) is 4.55. The number of hydrogen-bond acceptors (Lipinski definition) is 3. The Morgan fingerprint density at radius 2 is 1.91 bits per heavy atom. The van der Waals surface area contributed by atoms with Crippen molar-refractivity contribution >= 4 is 23.2 Å². The summed E-state index contributed by atoms with van der Waals surface area (Å²) in [6.45, 7) is 1.60. The van der Waals surface area contributed by atoms with Crippen molar-refractivity contribution in [3.8, 4) is 11.5 Å². The zero-order valence-corrected chi connectivity index (χ0v) is 12.9. The second kappa shape index (κ2) is 7.13. The molecule has 116 valence electrons. The van der Waals surface area contributed by atoms with Crippen LogP contribution in [0.5, 0.6) is 11.5 Å². The zero-order valence-electron chi connectivity index (χ0n) is 12.1. The minimum absolute atomic E-state index is 0.342. The average molecular weight is 324 g/mol. The van der Waals surface area contributed by atoms with Crippen LogP contribution in [0, 0.1) is 5.82 Å². The number of anilines is 1. The van der Waals surface area contributed by atoms with Crippen LogP contribution in [-0.4, -0.2) is 19.1 Å². The van der Waals surface area contributed by atoms with Crippen LogP contribution < -0.4 is 14.8 Å². The van der Waals surface area contributed by atoms with Crippen molar-refractivity contribution in [3.05, 3.63) is 53.3 Å². The Morgan fingerprint density at radius 3 is 2.50 bits per heavy atom. The van der Waals surface area contributed by atoms with Crippen LogP contribution in [0.2, 0.25) is 5.02 Å². The number of carbonyl (C=O) groups is 1. The Kier molecular flexibility index (Phi) is 5.22. The smallest absolute Gasteiger partial charge is 0.265 e. The lowest BCUT2D eigenvalue weighted by molar-refractivity contribution is -0.122. The number of halogens is 2. The molecule has 0 saturated heterocycles. The average Bonchev–Trinajstić information content (AvgIpc) is 2.49. The maximum Gasteiger partial charge on any atom is 0.265 e. The lowest BCUT2D eigenvalue weighted by atomic mass is 10.2. The van der Waals surface area contributed by atoms with Crippen molar-refractivity contribution in [1.29, 1.82) is 0 Å². The van der Waals surface area contributed by atoms with Gasteiger partial charge in [0.2, 0.25) is 0 Å². The SMILES string of the molecule is COc1ccc(NC(=O)C(C)Oc2ccc(F)cc2)cc1Cl. The molecule has 6 heteroatoms. The maximum atomic E-state index is 12.8. The summed E-state index contributed by atoms with van der Waals surface area (Å²) < 4.78 is 23.3. The summed E-state index contributed by atoms with van der Waals surface area (Å²) in [5.41, 5.74) is 0.533. The van der Waals surface area contributed by atoms with Crippen molar-refractivity contribution in [1.82, 2.24) is 0 Å². The number of benzene rings is 2. The molecule has 0 aliphatic rings. The third kappa shape index (κ3) is 4.11. The van der Waals surface area contributed by atoms with Gasteiger partial charge in [-0.05, 0) is 49.4 Å². The summed E-state index contributed by atoms with van der Waals surface area (Å²) in [5.74, 6) is 0.231. The van der Waals surface area contributed by atoms with Crippen LogP contribution in [0.3, 0.4) is 0 Å². The number of carbonyl (C=O) groups excluding carboxylic acids is 1. The lowest BCUT2D eigenvalue weighted by Gasteiger charge is -2.15. The predicted molar refractivity (Wildman–Crippen MR) is 83.1 cm³/mol. The molecular formula is C16H15ClFNO3. The normalized spacial score (nSPS) is 11.6. The van der Waals surface area contributed by atoms with E-state index in [-0.39, 0.29) is 11.7 Å². The predicted octanol–water partition coefficient (Wildman–Crippen LogP) is 3.89. The highest BCUT2D eigenvalue weighted by Crippen LogP contribution is 2.27. The monoisotopic (exact) mass is 323 g/mol. The molecule has 0 fully saturated rings. The van der Waals surface area contributed by atoms with E-state index in [2.05, 4.69) is 5.32 Å². The minimum Gasteiger partial charge on any atom is -0.495 e. The van der Waals surface area contributed by atoms with Gasteiger partial charge in [0, 0.05) is 5.69 Å². The largest absolute Gasteiger partial charge is 0.495 e. The Bertz CT molecular complexity index is 661. The number of nitrogens with one attached hydrogen (secondary N) is 1. The van der Waals surface area contributed by atoms with Gasteiger partial charge in [-0.2, -0.15) is 0 Å². The molecule has 0 aliphatic carbocycles. The second-order valence-corrected chi connectivity index (χ2v) is 4.96. The molecule has 1 unspecified atom stereocenters. The van der Waals surface area contributed by atoms with Crippen LogP contribution >= 0.6 is 11.6 Å². The van der Waals surface area contributed by atoms with Gasteiger partial charge >= 0.3 is 0 Å². The lowest BCUT2D eigenvalue weighted by Crippen LogP contribution is -2.30. The summed E-state index contributed by atoms with van der Waals surface area (Å²) in [6.07, 6.45) is -0.744. The highest BCUT2D eigenvalue weighted by Gasteiger charge is 2.15. The van der Waals surface area contributed by atoms with E-state index in [1.54, 1.807) is 25.1 Å². The van der Waals surface area contributed by atoms with E-state index < -0.39 is 6.10 Å². The van der Waals surface area contributed by atoms with E-state index in [0.717, 1.165) is 0 Å². The first kappa shape index (κ1) is 16.1. The fourth-order valence-electron chi connectivity index (χ4n) is 1.76. The number of methoxy groups -OCH3 is 1. The molecule has 0 saturated carbocycles. The molecule has 2 rings (SSSR count). The van der Waals surface area contributed by atoms with Gasteiger partial charge in [0.05, 0.1) is 12.1 Å². The van der Waals surface area contributed by atoms with Crippen molar-refractivity contribution in [3.63, 3.8) is 0 Å². The molecule has 2 aromatic rings. The van der Waals surface area contributed by atoms with Gasteiger partial charge in [-0.1, -0.05) is 11.6 Å². The summed E-state index contributed by atoms with van der Waals surface area (Å²) in [7, 11) is 1.51. The van der Waals surface area contributed by atoms with Crippen LogP contribution in [0.1, 0.15) is 6.92 Å². The summed E-state index contributed by atoms with van der Waals surface area (Å²) in [5, 5.41) is 3.08. The van der Waals surface area contributed by atoms with E-state index in [9.17, 15) is 9.18 Å². The molecule has 22 heavy (non-hydrogen) atoms. The molecule has 0 aliphatic heterocycles. The maximum absolute atomic E-state index is 12.8. The molecular weight excluding hydrogens is 309 g/mol. The Labute approximate surface area is 132 Å². The van der Waals surface area contributed by atoms with E-state index >= 15 is 0 Å². The van der Waals surface area contributed by atoms with Gasteiger partial charge in [0.15, 0.2) is 6.10 Å². The van der Waals surface area contributed by atoms with Crippen molar-refractivity contribution in [2.24, 2.45) is 0 Å². The van der Waals surface area contributed by atoms with E-state index in [1.165, 1.54) is 31.4 Å². The van der Waals surface area contributed by atoms with Crippen molar-refractivity contribution < 1.29 is 18.7 Å². The number of ether oxygens (including phenoxy) is 2. The summed E-state index contributed by atoms with van der Waals surface area (Å²) in [6, 6.07) is 10.4. The fraction of sp³-hybridized carbons (Fsp3) is 0.188. The highest BCUT2D eigenvalue weighted by atomic mass is 35.5. The molecule has 4 nitrogen and oxygen atoms in total. The number of rotatable bonds is 5. The van der Waals surface area contributed by atoms with Crippen LogP contribution in [-0.2, 0) is 4.79 Å². The zero-order chi connectivity index (χ0) is 16.1. The van der Waals surface area contributed by atoms with E-state index in [0.29, 0.717) is 22.2 Å². The molecule has 0 aromatic heterocycles. The number of hydrogen-bond donors (Lipinski definition) is 1. The molecule has 1 N–H and O–H groups in total. The molecule has 0 bridgehead atoms. The molecule has 0 heterocycles. The fourth-order valence-corrected chi connectivity index (χ4v) is 2.02. The van der Waals surface area contributed by atoms with Gasteiger partial charge in [-0.25, -0.2) is 4.39 Å². The van der Waals surface area contributed by atoms with Crippen LogP contribution in [0.4, 0.5) is 10.1 Å². The Hall–Kier alpha value is -2.27. The molecule has 0 radical (unpaired) electrons. The third-order valence-corrected chi connectivity index (χ3v) is 3.21. The van der Waals surface area contributed by atoms with E-state index in [1.807, 2.05) is 0 Å². The molecule has 1 amide bonds. The quantitative estimate of drug-likeness (QED) is 0.908.